The Bertz CT molecular complexity index is 1450. The number of thiazole rings is 1. The van der Waals surface area contributed by atoms with Gasteiger partial charge in [-0.2, -0.15) is 0 Å². The van der Waals surface area contributed by atoms with Crippen molar-refractivity contribution in [2.75, 3.05) is 11.7 Å². The maximum atomic E-state index is 13.4. The zero-order valence-electron chi connectivity index (χ0n) is 17.1. The number of ether oxygens (including phenoxy) is 2. The summed E-state index contributed by atoms with van der Waals surface area (Å²) in [6.45, 7) is 1.79. The van der Waals surface area contributed by atoms with E-state index in [0.717, 1.165) is 0 Å². The Morgan fingerprint density at radius 2 is 2.03 bits per heavy atom. The second kappa shape index (κ2) is 7.17. The monoisotopic (exact) mass is 461 g/mol. The zero-order chi connectivity index (χ0) is 22.7. The quantitative estimate of drug-likeness (QED) is 0.452. The van der Waals surface area contributed by atoms with Crippen LogP contribution in [0.1, 0.15) is 27.9 Å². The number of nitrogens with zero attached hydrogens (tertiary/aromatic N) is 3. The number of benzene rings is 1. The third-order valence-corrected chi connectivity index (χ3v) is 6.47. The van der Waals surface area contributed by atoms with Crippen molar-refractivity contribution < 1.29 is 28.6 Å². The predicted molar refractivity (Wildman–Crippen MR) is 118 cm³/mol. The van der Waals surface area contributed by atoms with E-state index in [-0.39, 0.29) is 18.1 Å². The van der Waals surface area contributed by atoms with E-state index in [0.29, 0.717) is 38.3 Å². The lowest BCUT2D eigenvalue weighted by molar-refractivity contribution is -0.117. The normalized spacial score (nSPS) is 17.4. The topological polar surface area (TPSA) is 115 Å². The van der Waals surface area contributed by atoms with Crippen LogP contribution in [0.4, 0.5) is 5.13 Å². The van der Waals surface area contributed by atoms with Gasteiger partial charge in [0.15, 0.2) is 28.1 Å². The van der Waals surface area contributed by atoms with Crippen LogP contribution in [0.25, 0.3) is 10.3 Å². The van der Waals surface area contributed by atoms with Gasteiger partial charge in [0.1, 0.15) is 16.1 Å². The molecule has 2 aliphatic heterocycles. The summed E-state index contributed by atoms with van der Waals surface area (Å²) in [5.41, 5.74) is 1.06. The molecule has 0 spiro atoms. The Labute approximate surface area is 190 Å². The first-order valence-electron chi connectivity index (χ1n) is 10.00. The highest BCUT2D eigenvalue weighted by Crippen LogP contribution is 2.46. The Morgan fingerprint density at radius 3 is 2.82 bits per heavy atom. The van der Waals surface area contributed by atoms with Gasteiger partial charge >= 0.3 is 0 Å². The molecule has 1 unspecified atom stereocenters. The molecule has 33 heavy (non-hydrogen) atoms. The predicted octanol–water partition coefficient (Wildman–Crippen LogP) is 4.10. The molecule has 1 atom stereocenters. The van der Waals surface area contributed by atoms with Crippen LogP contribution < -0.4 is 14.4 Å². The fourth-order valence-corrected chi connectivity index (χ4v) is 4.92. The average molecular weight is 461 g/mol. The van der Waals surface area contributed by atoms with Crippen molar-refractivity contribution in [2.24, 2.45) is 0 Å². The lowest BCUT2D eigenvalue weighted by Gasteiger charge is -2.24. The molecule has 0 radical (unpaired) electrons. The maximum Gasteiger partial charge on any atom is 0.296 e. The van der Waals surface area contributed by atoms with Crippen molar-refractivity contribution in [2.45, 2.75) is 13.0 Å². The standard InChI is InChI=1S/C23H15N3O6S/c1-11-4-6-15(32-11)19(27)17-18(12-5-7-14-16(9-12)31-10-30-14)26(22(29)20(17)28)23-25-13-3-2-8-24-21(13)33-23/h2-9,18,28H,10H2,1H3. The number of rotatable bonds is 4. The van der Waals surface area contributed by atoms with Crippen molar-refractivity contribution in [3.8, 4) is 11.5 Å². The first-order valence-corrected chi connectivity index (χ1v) is 10.8. The summed E-state index contributed by atoms with van der Waals surface area (Å²) in [4.78, 5) is 37.4. The molecule has 3 aromatic heterocycles. The molecule has 0 fully saturated rings. The van der Waals surface area contributed by atoms with Crippen LogP contribution in [0.2, 0.25) is 0 Å². The molecule has 10 heteroatoms. The first kappa shape index (κ1) is 19.5. The molecule has 2 aliphatic rings. The summed E-state index contributed by atoms with van der Waals surface area (Å²) in [6.07, 6.45) is 1.63. The van der Waals surface area contributed by atoms with Gasteiger partial charge in [-0.15, -0.1) is 0 Å². The number of ketones is 1. The number of fused-ring (bicyclic) bond motifs is 2. The highest BCUT2D eigenvalue weighted by molar-refractivity contribution is 7.22. The van der Waals surface area contributed by atoms with Gasteiger partial charge in [0.2, 0.25) is 12.6 Å². The van der Waals surface area contributed by atoms with Crippen LogP contribution in [0.3, 0.4) is 0 Å². The van der Waals surface area contributed by atoms with Crippen molar-refractivity contribution in [3.63, 3.8) is 0 Å². The van der Waals surface area contributed by atoms with Crippen LogP contribution >= 0.6 is 11.3 Å². The maximum absolute atomic E-state index is 13.4. The third kappa shape index (κ3) is 2.99. The highest BCUT2D eigenvalue weighted by Gasteiger charge is 2.47. The summed E-state index contributed by atoms with van der Waals surface area (Å²) >= 11 is 1.19. The van der Waals surface area contributed by atoms with E-state index in [9.17, 15) is 14.7 Å². The fraction of sp³-hybridized carbons (Fsp3) is 0.130. The van der Waals surface area contributed by atoms with E-state index in [2.05, 4.69) is 9.97 Å². The molecule has 0 bridgehead atoms. The Kier molecular flexibility index (Phi) is 4.24. The Morgan fingerprint density at radius 1 is 1.18 bits per heavy atom. The molecule has 6 rings (SSSR count). The van der Waals surface area contributed by atoms with E-state index in [1.165, 1.54) is 22.3 Å². The number of aliphatic hydroxyl groups is 1. The third-order valence-electron chi connectivity index (χ3n) is 5.49. The molecule has 9 nitrogen and oxygen atoms in total. The van der Waals surface area contributed by atoms with Gasteiger partial charge in [-0.3, -0.25) is 14.5 Å². The summed E-state index contributed by atoms with van der Waals surface area (Å²) in [5.74, 6) is -0.359. The van der Waals surface area contributed by atoms with Crippen molar-refractivity contribution in [3.05, 3.63) is 77.1 Å². The van der Waals surface area contributed by atoms with Crippen LogP contribution in [0, 0.1) is 6.92 Å². The molecule has 0 saturated heterocycles. The van der Waals surface area contributed by atoms with Gasteiger partial charge in [0, 0.05) is 6.20 Å². The number of furan rings is 1. The number of pyridine rings is 1. The molecule has 4 aromatic rings. The Hall–Kier alpha value is -4.18. The number of anilines is 1. The van der Waals surface area contributed by atoms with Crippen molar-refractivity contribution in [1.82, 2.24) is 9.97 Å². The fourth-order valence-electron chi connectivity index (χ4n) is 3.98. The van der Waals surface area contributed by atoms with E-state index in [1.807, 2.05) is 0 Å². The number of Topliss-reactive ketones (excluding diaryl/α,β-unsaturated/α-hetero) is 1. The molecule has 0 aliphatic carbocycles. The van der Waals surface area contributed by atoms with Crippen LogP contribution in [0.15, 0.2) is 64.4 Å². The first-order chi connectivity index (χ1) is 16.0. The van der Waals surface area contributed by atoms with Gasteiger partial charge in [-0.05, 0) is 48.9 Å². The number of aromatic nitrogens is 2. The van der Waals surface area contributed by atoms with E-state index < -0.39 is 23.5 Å². The van der Waals surface area contributed by atoms with Gasteiger partial charge in [-0.25, -0.2) is 9.97 Å². The zero-order valence-corrected chi connectivity index (χ0v) is 18.0. The lowest BCUT2D eigenvalue weighted by Crippen LogP contribution is -2.30. The van der Waals surface area contributed by atoms with Crippen LogP contribution in [-0.4, -0.2) is 33.6 Å². The smallest absolute Gasteiger partial charge is 0.296 e. The summed E-state index contributed by atoms with van der Waals surface area (Å²) in [7, 11) is 0. The number of amides is 1. The molecule has 1 aromatic carbocycles. The van der Waals surface area contributed by atoms with Gasteiger partial charge in [0.05, 0.1) is 11.6 Å². The van der Waals surface area contributed by atoms with Crippen LogP contribution in [0.5, 0.6) is 11.5 Å². The number of hydrogen-bond donors (Lipinski definition) is 1. The van der Waals surface area contributed by atoms with Crippen molar-refractivity contribution >= 4 is 38.5 Å². The second-order valence-corrected chi connectivity index (χ2v) is 8.47. The number of carbonyl (C=O) groups excluding carboxylic acids is 2. The number of aliphatic hydroxyl groups excluding tert-OH is 1. The Balaban J connectivity index is 1.53. The van der Waals surface area contributed by atoms with Crippen molar-refractivity contribution in [1.29, 1.82) is 0 Å². The number of aryl methyl sites for hydroxylation is 1. The summed E-state index contributed by atoms with van der Waals surface area (Å²) < 4.78 is 16.4. The molecule has 164 valence electrons. The molecule has 5 heterocycles. The second-order valence-electron chi connectivity index (χ2n) is 7.52. The largest absolute Gasteiger partial charge is 0.503 e. The molecule has 1 amide bonds. The van der Waals surface area contributed by atoms with E-state index >= 15 is 0 Å². The van der Waals surface area contributed by atoms with Crippen LogP contribution in [-0.2, 0) is 4.79 Å². The minimum atomic E-state index is -0.953. The van der Waals surface area contributed by atoms with Gasteiger partial charge in [0.25, 0.3) is 5.91 Å². The minimum Gasteiger partial charge on any atom is -0.503 e. The molecule has 1 N–H and O–H groups in total. The molecular weight excluding hydrogens is 446 g/mol. The highest BCUT2D eigenvalue weighted by atomic mass is 32.1. The number of carbonyl (C=O) groups is 2. The van der Waals surface area contributed by atoms with E-state index in [4.69, 9.17) is 13.9 Å². The average Bonchev–Trinajstić information content (AvgIpc) is 3.59. The summed E-state index contributed by atoms with van der Waals surface area (Å²) in [6, 6.07) is 10.9. The minimum absolute atomic E-state index is 0.0282. The lowest BCUT2D eigenvalue weighted by atomic mass is 9.95. The number of hydrogen-bond acceptors (Lipinski definition) is 9. The molecule has 0 saturated carbocycles. The van der Waals surface area contributed by atoms with Gasteiger partial charge in [-0.1, -0.05) is 17.4 Å². The summed E-state index contributed by atoms with van der Waals surface area (Å²) in [5, 5.41) is 11.2. The van der Waals surface area contributed by atoms with Gasteiger partial charge < -0.3 is 19.0 Å². The van der Waals surface area contributed by atoms with E-state index in [1.54, 1.807) is 49.5 Å². The SMILES string of the molecule is Cc1ccc(C(=O)C2=C(O)C(=O)N(c3nc4cccnc4s3)C2c2ccc3c(c2)OCO3)o1. The molecular formula is C23H15N3O6S.